The van der Waals surface area contributed by atoms with E-state index in [1.807, 2.05) is 30.3 Å². The second kappa shape index (κ2) is 6.08. The van der Waals surface area contributed by atoms with E-state index < -0.39 is 5.97 Å². The summed E-state index contributed by atoms with van der Waals surface area (Å²) in [6.07, 6.45) is 2.70. The Bertz CT molecular complexity index is 551. The van der Waals surface area contributed by atoms with Gasteiger partial charge in [-0.25, -0.2) is 0 Å². The Balaban J connectivity index is 1.69. The zero-order chi connectivity index (χ0) is 15.6. The van der Waals surface area contributed by atoms with Gasteiger partial charge in [-0.3, -0.25) is 9.59 Å². The number of nitrogens with zero attached hydrogens (tertiary/aromatic N) is 1. The Labute approximate surface area is 129 Å². The Morgan fingerprint density at radius 2 is 1.91 bits per heavy atom. The van der Waals surface area contributed by atoms with Crippen molar-refractivity contribution in [1.82, 2.24) is 4.90 Å². The number of carboxylic acids is 1. The highest BCUT2D eigenvalue weighted by molar-refractivity contribution is 5.86. The minimum Gasteiger partial charge on any atom is -0.480 e. The summed E-state index contributed by atoms with van der Waals surface area (Å²) in [7, 11) is 0. The molecule has 0 radical (unpaired) electrons. The van der Waals surface area contributed by atoms with Gasteiger partial charge in [0.1, 0.15) is 6.54 Å². The standard InChI is InChI=1S/C17H21NO4/c19-15(20)12-18(11-13-4-2-1-3-5-13)16(21)14-10-17(14)6-8-22-9-7-17/h1-5,14H,6-12H2,(H,19,20). The van der Waals surface area contributed by atoms with Crippen LogP contribution in [0, 0.1) is 11.3 Å². The minimum absolute atomic E-state index is 0.0202. The van der Waals surface area contributed by atoms with Crippen LogP contribution < -0.4 is 0 Å². The molecule has 1 aromatic carbocycles. The van der Waals surface area contributed by atoms with Crippen LogP contribution in [0.2, 0.25) is 0 Å². The van der Waals surface area contributed by atoms with Crippen molar-refractivity contribution in [2.24, 2.45) is 11.3 Å². The van der Waals surface area contributed by atoms with Crippen molar-refractivity contribution >= 4 is 11.9 Å². The lowest BCUT2D eigenvalue weighted by Gasteiger charge is -2.26. The highest BCUT2D eigenvalue weighted by Gasteiger charge is 2.58. The number of hydrogen-bond acceptors (Lipinski definition) is 3. The van der Waals surface area contributed by atoms with Gasteiger partial charge in [-0.15, -0.1) is 0 Å². The van der Waals surface area contributed by atoms with Crippen molar-refractivity contribution < 1.29 is 19.4 Å². The molecular weight excluding hydrogens is 282 g/mol. The second-order valence-corrected chi connectivity index (χ2v) is 6.31. The highest BCUT2D eigenvalue weighted by Crippen LogP contribution is 2.59. The minimum atomic E-state index is -0.967. The smallest absolute Gasteiger partial charge is 0.323 e. The molecule has 1 spiro atoms. The number of rotatable bonds is 5. The van der Waals surface area contributed by atoms with Gasteiger partial charge in [-0.05, 0) is 30.2 Å². The van der Waals surface area contributed by atoms with E-state index in [1.165, 1.54) is 4.90 Å². The van der Waals surface area contributed by atoms with Gasteiger partial charge in [0.15, 0.2) is 0 Å². The van der Waals surface area contributed by atoms with Crippen LogP contribution in [0.4, 0.5) is 0 Å². The van der Waals surface area contributed by atoms with Crippen LogP contribution in [-0.4, -0.2) is 41.6 Å². The molecule has 5 nitrogen and oxygen atoms in total. The topological polar surface area (TPSA) is 66.8 Å². The van der Waals surface area contributed by atoms with E-state index in [1.54, 1.807) is 0 Å². The van der Waals surface area contributed by atoms with Crippen LogP contribution >= 0.6 is 0 Å². The number of carbonyl (C=O) groups excluding carboxylic acids is 1. The molecule has 0 bridgehead atoms. The molecule has 3 rings (SSSR count). The number of carbonyl (C=O) groups is 2. The summed E-state index contributed by atoms with van der Waals surface area (Å²) in [5, 5.41) is 9.10. The molecule has 1 saturated carbocycles. The van der Waals surface area contributed by atoms with Gasteiger partial charge in [-0.2, -0.15) is 0 Å². The van der Waals surface area contributed by atoms with Crippen molar-refractivity contribution in [1.29, 1.82) is 0 Å². The number of aliphatic carboxylic acids is 1. The zero-order valence-electron chi connectivity index (χ0n) is 12.5. The van der Waals surface area contributed by atoms with E-state index in [9.17, 15) is 9.59 Å². The number of benzene rings is 1. The fourth-order valence-corrected chi connectivity index (χ4v) is 3.43. The van der Waals surface area contributed by atoms with Crippen molar-refractivity contribution in [2.45, 2.75) is 25.8 Å². The van der Waals surface area contributed by atoms with E-state index in [4.69, 9.17) is 9.84 Å². The van der Waals surface area contributed by atoms with Crippen LogP contribution in [0.1, 0.15) is 24.8 Å². The second-order valence-electron chi connectivity index (χ2n) is 6.31. The lowest BCUT2D eigenvalue weighted by Crippen LogP contribution is -2.38. The summed E-state index contributed by atoms with van der Waals surface area (Å²) < 4.78 is 5.37. The van der Waals surface area contributed by atoms with Crippen molar-refractivity contribution in [3.63, 3.8) is 0 Å². The molecule has 1 saturated heterocycles. The molecule has 2 aliphatic rings. The average molecular weight is 303 g/mol. The summed E-state index contributed by atoms with van der Waals surface area (Å²) in [4.78, 5) is 25.3. The van der Waals surface area contributed by atoms with E-state index in [-0.39, 0.29) is 23.8 Å². The molecule has 22 heavy (non-hydrogen) atoms. The molecule has 2 fully saturated rings. The monoisotopic (exact) mass is 303 g/mol. The van der Waals surface area contributed by atoms with Gasteiger partial charge in [-0.1, -0.05) is 30.3 Å². The Morgan fingerprint density at radius 3 is 2.55 bits per heavy atom. The van der Waals surface area contributed by atoms with Gasteiger partial charge in [0, 0.05) is 25.7 Å². The van der Waals surface area contributed by atoms with Crippen LogP contribution in [0.15, 0.2) is 30.3 Å². The summed E-state index contributed by atoms with van der Waals surface area (Å²) in [5.74, 6) is -1.02. The summed E-state index contributed by atoms with van der Waals surface area (Å²) >= 11 is 0. The lowest BCUT2D eigenvalue weighted by molar-refractivity contribution is -0.146. The first-order valence-corrected chi connectivity index (χ1v) is 7.73. The number of amides is 1. The van der Waals surface area contributed by atoms with Crippen molar-refractivity contribution in [2.75, 3.05) is 19.8 Å². The maximum atomic E-state index is 12.7. The van der Waals surface area contributed by atoms with Gasteiger partial charge >= 0.3 is 5.97 Å². The molecule has 1 N–H and O–H groups in total. The van der Waals surface area contributed by atoms with Crippen LogP contribution in [0.5, 0.6) is 0 Å². The zero-order valence-corrected chi connectivity index (χ0v) is 12.5. The van der Waals surface area contributed by atoms with E-state index >= 15 is 0 Å². The SMILES string of the molecule is O=C(O)CN(Cc1ccccc1)C(=O)C1CC12CCOCC2. The largest absolute Gasteiger partial charge is 0.480 e. The fraction of sp³-hybridized carbons (Fsp3) is 0.529. The molecule has 1 amide bonds. The third-order valence-electron chi connectivity index (χ3n) is 4.83. The third-order valence-corrected chi connectivity index (χ3v) is 4.83. The third kappa shape index (κ3) is 3.14. The molecule has 5 heteroatoms. The first kappa shape index (κ1) is 15.0. The molecular formula is C17H21NO4. The number of hydrogen-bond donors (Lipinski definition) is 1. The Hall–Kier alpha value is -1.88. The molecule has 1 aromatic rings. The highest BCUT2D eigenvalue weighted by atomic mass is 16.5. The van der Waals surface area contributed by atoms with Gasteiger partial charge in [0.25, 0.3) is 0 Å². The molecule has 0 aromatic heterocycles. The average Bonchev–Trinajstić information content (AvgIpc) is 3.20. The molecule has 1 aliphatic carbocycles. The van der Waals surface area contributed by atoms with Crippen LogP contribution in [0.3, 0.4) is 0 Å². The predicted molar refractivity (Wildman–Crippen MR) is 80.1 cm³/mol. The summed E-state index contributed by atoms with van der Waals surface area (Å²) in [5.41, 5.74) is 1.03. The van der Waals surface area contributed by atoms with E-state index in [0.29, 0.717) is 19.8 Å². The van der Waals surface area contributed by atoms with E-state index in [2.05, 4.69) is 0 Å². The lowest BCUT2D eigenvalue weighted by atomic mass is 9.93. The Morgan fingerprint density at radius 1 is 1.23 bits per heavy atom. The van der Waals surface area contributed by atoms with Gasteiger partial charge in [0.2, 0.25) is 5.91 Å². The molecule has 1 heterocycles. The first-order valence-electron chi connectivity index (χ1n) is 7.73. The summed E-state index contributed by atoms with van der Waals surface area (Å²) in [6.45, 7) is 1.54. The maximum Gasteiger partial charge on any atom is 0.323 e. The first-order chi connectivity index (χ1) is 10.6. The number of carboxylic acid groups (broad SMARTS) is 1. The summed E-state index contributed by atoms with van der Waals surface area (Å²) in [6, 6.07) is 9.54. The maximum absolute atomic E-state index is 12.7. The number of ether oxygens (including phenoxy) is 1. The Kier molecular flexibility index (Phi) is 4.16. The van der Waals surface area contributed by atoms with Gasteiger partial charge in [0.05, 0.1) is 0 Å². The van der Waals surface area contributed by atoms with Crippen LogP contribution in [-0.2, 0) is 20.9 Å². The predicted octanol–water partition coefficient (Wildman–Crippen LogP) is 1.92. The van der Waals surface area contributed by atoms with Crippen molar-refractivity contribution in [3.8, 4) is 0 Å². The molecule has 1 atom stereocenters. The fourth-order valence-electron chi connectivity index (χ4n) is 3.43. The van der Waals surface area contributed by atoms with E-state index in [0.717, 1.165) is 24.8 Å². The van der Waals surface area contributed by atoms with Gasteiger partial charge < -0.3 is 14.7 Å². The molecule has 1 unspecified atom stereocenters. The molecule has 118 valence electrons. The van der Waals surface area contributed by atoms with Crippen molar-refractivity contribution in [3.05, 3.63) is 35.9 Å². The normalized spacial score (nSPS) is 22.3. The quantitative estimate of drug-likeness (QED) is 0.902. The molecule has 1 aliphatic heterocycles. The van der Waals surface area contributed by atoms with Crippen LogP contribution in [0.25, 0.3) is 0 Å².